The van der Waals surface area contributed by atoms with E-state index in [0.29, 0.717) is 24.0 Å². The second-order valence-electron chi connectivity index (χ2n) is 5.76. The largest absolute Gasteiger partial charge is 0.384 e. The number of rotatable bonds is 3. The van der Waals surface area contributed by atoms with Crippen LogP contribution in [0.25, 0.3) is 0 Å². The Balaban J connectivity index is 1.86. The second kappa shape index (κ2) is 5.02. The summed E-state index contributed by atoms with van der Waals surface area (Å²) in [7, 11) is 0.656. The van der Waals surface area contributed by atoms with Crippen LogP contribution in [0.2, 0.25) is 0 Å². The zero-order valence-corrected chi connectivity index (χ0v) is 12.8. The summed E-state index contributed by atoms with van der Waals surface area (Å²) in [6.07, 6.45) is 1.80. The molecule has 1 N–H and O–H groups in total. The fourth-order valence-electron chi connectivity index (χ4n) is 2.94. The third-order valence-corrected chi connectivity index (χ3v) is 6.14. The molecule has 0 radical (unpaired) electrons. The van der Waals surface area contributed by atoms with Gasteiger partial charge in [0.25, 0.3) is 0 Å². The van der Waals surface area contributed by atoms with Crippen molar-refractivity contribution in [3.63, 3.8) is 0 Å². The monoisotopic (exact) mass is 295 g/mol. The van der Waals surface area contributed by atoms with Crippen LogP contribution in [-0.2, 0) is 16.4 Å². The highest BCUT2D eigenvalue weighted by molar-refractivity contribution is 7.89. The van der Waals surface area contributed by atoms with Gasteiger partial charge in [0.2, 0.25) is 10.0 Å². The first kappa shape index (κ1) is 13.9. The maximum absolute atomic E-state index is 12.7. The molecule has 20 heavy (non-hydrogen) atoms. The van der Waals surface area contributed by atoms with E-state index in [1.165, 1.54) is 0 Å². The van der Waals surface area contributed by atoms with Crippen molar-refractivity contribution >= 4 is 15.7 Å². The van der Waals surface area contributed by atoms with Crippen molar-refractivity contribution in [2.45, 2.75) is 23.8 Å². The van der Waals surface area contributed by atoms with Crippen LogP contribution in [0.3, 0.4) is 0 Å². The van der Waals surface area contributed by atoms with Crippen molar-refractivity contribution in [2.24, 2.45) is 0 Å². The van der Waals surface area contributed by atoms with Crippen molar-refractivity contribution < 1.29 is 8.42 Å². The smallest absolute Gasteiger partial charge is 0.243 e. The molecule has 0 amide bonds. The van der Waals surface area contributed by atoms with Crippen LogP contribution in [0.1, 0.15) is 12.0 Å². The Kier molecular flexibility index (Phi) is 3.48. The lowest BCUT2D eigenvalue weighted by atomic mass is 10.2. The van der Waals surface area contributed by atoms with Gasteiger partial charge in [-0.05, 0) is 50.7 Å². The fourth-order valence-corrected chi connectivity index (χ4v) is 4.48. The Morgan fingerprint density at radius 2 is 2.15 bits per heavy atom. The van der Waals surface area contributed by atoms with Crippen LogP contribution >= 0.6 is 0 Å². The minimum atomic E-state index is -3.35. The first-order chi connectivity index (χ1) is 9.48. The first-order valence-corrected chi connectivity index (χ1v) is 8.46. The lowest BCUT2D eigenvalue weighted by Crippen LogP contribution is -2.34. The molecule has 2 heterocycles. The van der Waals surface area contributed by atoms with Gasteiger partial charge in [-0.25, -0.2) is 8.42 Å². The molecule has 1 unspecified atom stereocenters. The Bertz CT molecular complexity index is 613. The van der Waals surface area contributed by atoms with E-state index >= 15 is 0 Å². The zero-order valence-electron chi connectivity index (χ0n) is 12.0. The molecule has 0 aliphatic carbocycles. The molecule has 0 spiro atoms. The Labute approximate surface area is 120 Å². The molecular weight excluding hydrogens is 274 g/mol. The van der Waals surface area contributed by atoms with Gasteiger partial charge in [-0.2, -0.15) is 4.31 Å². The summed E-state index contributed by atoms with van der Waals surface area (Å²) in [4.78, 5) is 2.53. The number of nitrogens with zero attached hydrogens (tertiary/aromatic N) is 2. The van der Waals surface area contributed by atoms with Crippen molar-refractivity contribution in [1.82, 2.24) is 9.21 Å². The molecular formula is C14H21N3O2S. The topological polar surface area (TPSA) is 52.7 Å². The molecule has 1 saturated heterocycles. The van der Waals surface area contributed by atoms with Crippen LogP contribution in [0.15, 0.2) is 23.1 Å². The van der Waals surface area contributed by atoms with Gasteiger partial charge in [-0.1, -0.05) is 0 Å². The standard InChI is InChI=1S/C14H21N3O2S/c1-16(2)12-6-8-17(10-12)20(18,19)13-3-4-14-11(9-13)5-7-15-14/h3-4,9,12,15H,5-8,10H2,1-2H3. The second-order valence-corrected chi connectivity index (χ2v) is 7.70. The number of hydrogen-bond donors (Lipinski definition) is 1. The Morgan fingerprint density at radius 1 is 1.35 bits per heavy atom. The Hall–Kier alpha value is -1.11. The van der Waals surface area contributed by atoms with Gasteiger partial charge in [0.15, 0.2) is 0 Å². The number of likely N-dealkylation sites (N-methyl/N-ethyl adjacent to an activating group) is 1. The molecule has 1 aromatic rings. The molecule has 2 aliphatic rings. The van der Waals surface area contributed by atoms with Crippen LogP contribution in [0, 0.1) is 0 Å². The van der Waals surface area contributed by atoms with E-state index in [1.807, 2.05) is 26.2 Å². The number of hydrogen-bond acceptors (Lipinski definition) is 4. The predicted octanol–water partition coefficient (Wildman–Crippen LogP) is 0.979. The van der Waals surface area contributed by atoms with E-state index in [4.69, 9.17) is 0 Å². The van der Waals surface area contributed by atoms with Crippen LogP contribution in [0.5, 0.6) is 0 Å². The minimum Gasteiger partial charge on any atom is -0.384 e. The highest BCUT2D eigenvalue weighted by Gasteiger charge is 2.33. The van der Waals surface area contributed by atoms with Gasteiger partial charge in [-0.3, -0.25) is 0 Å². The van der Waals surface area contributed by atoms with Crippen molar-refractivity contribution in [1.29, 1.82) is 0 Å². The maximum atomic E-state index is 12.7. The average molecular weight is 295 g/mol. The summed E-state index contributed by atoms with van der Waals surface area (Å²) in [6.45, 7) is 2.09. The molecule has 110 valence electrons. The van der Waals surface area contributed by atoms with E-state index in [9.17, 15) is 8.42 Å². The van der Waals surface area contributed by atoms with Gasteiger partial charge in [0.1, 0.15) is 0 Å². The van der Waals surface area contributed by atoms with Crippen LogP contribution in [-0.4, -0.2) is 57.4 Å². The average Bonchev–Trinajstić information content (AvgIpc) is 3.07. The van der Waals surface area contributed by atoms with Crippen molar-refractivity contribution in [2.75, 3.05) is 39.0 Å². The number of benzene rings is 1. The SMILES string of the molecule is CN(C)C1CCN(S(=O)(=O)c2ccc3c(c2)CCN3)C1. The predicted molar refractivity (Wildman–Crippen MR) is 79.5 cm³/mol. The normalized spacial score (nSPS) is 23.1. The van der Waals surface area contributed by atoms with Gasteiger partial charge in [0, 0.05) is 31.4 Å². The lowest BCUT2D eigenvalue weighted by molar-refractivity contribution is 0.302. The van der Waals surface area contributed by atoms with E-state index in [2.05, 4.69) is 10.2 Å². The molecule has 1 fully saturated rings. The summed E-state index contributed by atoms with van der Waals surface area (Å²) in [6, 6.07) is 5.75. The quantitative estimate of drug-likeness (QED) is 0.903. The molecule has 2 aliphatic heterocycles. The molecule has 3 rings (SSSR count). The van der Waals surface area contributed by atoms with Crippen molar-refractivity contribution in [3.8, 4) is 0 Å². The van der Waals surface area contributed by atoms with E-state index in [0.717, 1.165) is 30.6 Å². The summed E-state index contributed by atoms with van der Waals surface area (Å²) < 4.78 is 27.0. The molecule has 0 bridgehead atoms. The Morgan fingerprint density at radius 3 is 2.85 bits per heavy atom. The molecule has 6 heteroatoms. The summed E-state index contributed by atoms with van der Waals surface area (Å²) in [5.74, 6) is 0. The summed E-state index contributed by atoms with van der Waals surface area (Å²) in [5.41, 5.74) is 2.17. The van der Waals surface area contributed by atoms with Crippen molar-refractivity contribution in [3.05, 3.63) is 23.8 Å². The maximum Gasteiger partial charge on any atom is 0.243 e. The lowest BCUT2D eigenvalue weighted by Gasteiger charge is -2.20. The van der Waals surface area contributed by atoms with E-state index < -0.39 is 10.0 Å². The minimum absolute atomic E-state index is 0.320. The van der Waals surface area contributed by atoms with Gasteiger partial charge < -0.3 is 10.2 Å². The zero-order chi connectivity index (χ0) is 14.3. The number of sulfonamides is 1. The number of fused-ring (bicyclic) bond motifs is 1. The fraction of sp³-hybridized carbons (Fsp3) is 0.571. The molecule has 1 atom stereocenters. The third kappa shape index (κ3) is 2.32. The molecule has 0 saturated carbocycles. The van der Waals surface area contributed by atoms with Crippen LogP contribution in [0.4, 0.5) is 5.69 Å². The molecule has 0 aromatic heterocycles. The van der Waals surface area contributed by atoms with E-state index in [1.54, 1.807) is 10.4 Å². The number of anilines is 1. The first-order valence-electron chi connectivity index (χ1n) is 7.02. The third-order valence-electron chi connectivity index (χ3n) is 4.28. The highest BCUT2D eigenvalue weighted by Crippen LogP contribution is 2.28. The summed E-state index contributed by atoms with van der Waals surface area (Å²) >= 11 is 0. The van der Waals surface area contributed by atoms with Gasteiger partial charge in [0.05, 0.1) is 4.90 Å². The van der Waals surface area contributed by atoms with Crippen LogP contribution < -0.4 is 5.32 Å². The molecule has 5 nitrogen and oxygen atoms in total. The van der Waals surface area contributed by atoms with Gasteiger partial charge >= 0.3 is 0 Å². The number of nitrogens with one attached hydrogen (secondary N) is 1. The van der Waals surface area contributed by atoms with E-state index in [-0.39, 0.29) is 0 Å². The highest BCUT2D eigenvalue weighted by atomic mass is 32.2. The summed E-state index contributed by atoms with van der Waals surface area (Å²) in [5, 5.41) is 3.26. The van der Waals surface area contributed by atoms with Gasteiger partial charge in [-0.15, -0.1) is 0 Å². The molecule has 1 aromatic carbocycles.